The van der Waals surface area contributed by atoms with Gasteiger partial charge >= 0.3 is 0 Å². The number of amides is 1. The standard InChI is InChI=1S/C22H24ClNO4/c1-26-17-8-9-18(21(14-17)28-3)19-5-4-12-24(19)22(25)11-6-15-13-16(23)7-10-20(15)27-2/h6-11,13-14,19H,4-5,12H2,1-3H3/b11-6+. The van der Waals surface area contributed by atoms with E-state index in [9.17, 15) is 4.79 Å². The monoisotopic (exact) mass is 401 g/mol. The molecule has 0 aliphatic carbocycles. The van der Waals surface area contributed by atoms with Crippen molar-refractivity contribution in [3.63, 3.8) is 0 Å². The van der Waals surface area contributed by atoms with Crippen LogP contribution in [0.2, 0.25) is 5.02 Å². The molecular weight excluding hydrogens is 378 g/mol. The Morgan fingerprint density at radius 2 is 1.86 bits per heavy atom. The fourth-order valence-corrected chi connectivity index (χ4v) is 3.72. The number of nitrogens with zero attached hydrogens (tertiary/aromatic N) is 1. The Kier molecular flexibility index (Phi) is 6.47. The molecule has 1 fully saturated rings. The molecule has 1 amide bonds. The van der Waals surface area contributed by atoms with Crippen LogP contribution in [0.1, 0.15) is 30.0 Å². The maximum Gasteiger partial charge on any atom is 0.247 e. The van der Waals surface area contributed by atoms with E-state index in [-0.39, 0.29) is 11.9 Å². The molecule has 0 saturated carbocycles. The fraction of sp³-hybridized carbons (Fsp3) is 0.318. The van der Waals surface area contributed by atoms with E-state index >= 15 is 0 Å². The van der Waals surface area contributed by atoms with Crippen molar-refractivity contribution in [3.05, 3.63) is 58.6 Å². The molecule has 5 nitrogen and oxygen atoms in total. The van der Waals surface area contributed by atoms with Gasteiger partial charge in [0.25, 0.3) is 0 Å². The predicted octanol–water partition coefficient (Wildman–Crippen LogP) is 4.74. The van der Waals surface area contributed by atoms with Crippen LogP contribution in [0, 0.1) is 0 Å². The summed E-state index contributed by atoms with van der Waals surface area (Å²) < 4.78 is 16.1. The Labute approximate surface area is 170 Å². The van der Waals surface area contributed by atoms with Crippen molar-refractivity contribution in [1.29, 1.82) is 0 Å². The molecule has 1 atom stereocenters. The summed E-state index contributed by atoms with van der Waals surface area (Å²) in [4.78, 5) is 14.8. The second-order valence-electron chi connectivity index (χ2n) is 6.52. The molecule has 0 N–H and O–H groups in total. The minimum atomic E-state index is -0.0533. The van der Waals surface area contributed by atoms with Gasteiger partial charge in [-0.15, -0.1) is 0 Å². The average Bonchev–Trinajstić information content (AvgIpc) is 3.21. The number of methoxy groups -OCH3 is 3. The minimum Gasteiger partial charge on any atom is -0.497 e. The number of ether oxygens (including phenoxy) is 3. The summed E-state index contributed by atoms with van der Waals surface area (Å²) in [6.45, 7) is 0.704. The van der Waals surface area contributed by atoms with Gasteiger partial charge in [-0.3, -0.25) is 4.79 Å². The molecule has 1 saturated heterocycles. The van der Waals surface area contributed by atoms with Gasteiger partial charge in [0.2, 0.25) is 5.91 Å². The highest BCUT2D eigenvalue weighted by molar-refractivity contribution is 6.30. The van der Waals surface area contributed by atoms with Crippen LogP contribution in [0.5, 0.6) is 17.2 Å². The van der Waals surface area contributed by atoms with Crippen LogP contribution < -0.4 is 14.2 Å². The van der Waals surface area contributed by atoms with Crippen LogP contribution in [0.4, 0.5) is 0 Å². The fourth-order valence-electron chi connectivity index (χ4n) is 3.54. The molecule has 1 heterocycles. The molecule has 6 heteroatoms. The molecule has 1 unspecified atom stereocenters. The zero-order valence-corrected chi connectivity index (χ0v) is 17.0. The van der Waals surface area contributed by atoms with Crippen LogP contribution >= 0.6 is 11.6 Å². The summed E-state index contributed by atoms with van der Waals surface area (Å²) >= 11 is 6.07. The van der Waals surface area contributed by atoms with Crippen molar-refractivity contribution in [2.24, 2.45) is 0 Å². The molecule has 3 rings (SSSR count). The van der Waals surface area contributed by atoms with Gasteiger partial charge in [-0.2, -0.15) is 0 Å². The van der Waals surface area contributed by atoms with Crippen molar-refractivity contribution < 1.29 is 19.0 Å². The van der Waals surface area contributed by atoms with E-state index in [2.05, 4.69) is 0 Å². The lowest BCUT2D eigenvalue weighted by Crippen LogP contribution is -2.29. The van der Waals surface area contributed by atoms with Gasteiger partial charge in [-0.25, -0.2) is 0 Å². The van der Waals surface area contributed by atoms with E-state index in [1.54, 1.807) is 51.7 Å². The predicted molar refractivity (Wildman–Crippen MR) is 110 cm³/mol. The van der Waals surface area contributed by atoms with Crippen LogP contribution in [-0.2, 0) is 4.79 Å². The first-order chi connectivity index (χ1) is 13.6. The van der Waals surface area contributed by atoms with Gasteiger partial charge in [0.1, 0.15) is 17.2 Å². The second kappa shape index (κ2) is 9.02. The largest absolute Gasteiger partial charge is 0.497 e. The Bertz CT molecular complexity index is 881. The quantitative estimate of drug-likeness (QED) is 0.656. The number of hydrogen-bond acceptors (Lipinski definition) is 4. The molecule has 28 heavy (non-hydrogen) atoms. The highest BCUT2D eigenvalue weighted by Crippen LogP contribution is 2.39. The first-order valence-corrected chi connectivity index (χ1v) is 9.49. The van der Waals surface area contributed by atoms with Gasteiger partial charge in [-0.1, -0.05) is 11.6 Å². The Morgan fingerprint density at radius 3 is 2.57 bits per heavy atom. The zero-order chi connectivity index (χ0) is 20.1. The number of halogens is 1. The number of carbonyl (C=O) groups is 1. The molecule has 0 bridgehead atoms. The third kappa shape index (κ3) is 4.25. The van der Waals surface area contributed by atoms with Crippen LogP contribution in [0.15, 0.2) is 42.5 Å². The SMILES string of the molecule is COc1ccc(C2CCCN2C(=O)/C=C/c2cc(Cl)ccc2OC)c(OC)c1. The Hall–Kier alpha value is -2.66. The van der Waals surface area contributed by atoms with E-state index < -0.39 is 0 Å². The van der Waals surface area contributed by atoms with Gasteiger partial charge in [-0.05, 0) is 49.2 Å². The topological polar surface area (TPSA) is 48.0 Å². The van der Waals surface area contributed by atoms with E-state index in [1.165, 1.54) is 0 Å². The third-order valence-corrected chi connectivity index (χ3v) is 5.17. The Morgan fingerprint density at radius 1 is 1.07 bits per heavy atom. The van der Waals surface area contributed by atoms with E-state index in [1.807, 2.05) is 23.1 Å². The zero-order valence-electron chi connectivity index (χ0n) is 16.3. The molecular formula is C22H24ClNO4. The number of benzene rings is 2. The van der Waals surface area contributed by atoms with E-state index in [4.69, 9.17) is 25.8 Å². The normalized spacial score (nSPS) is 16.4. The Balaban J connectivity index is 1.83. The van der Waals surface area contributed by atoms with Gasteiger partial charge in [0.05, 0.1) is 27.4 Å². The highest BCUT2D eigenvalue weighted by atomic mass is 35.5. The van der Waals surface area contributed by atoms with Crippen molar-refractivity contribution >= 4 is 23.6 Å². The number of carbonyl (C=O) groups excluding carboxylic acids is 1. The molecule has 0 spiro atoms. The smallest absolute Gasteiger partial charge is 0.247 e. The summed E-state index contributed by atoms with van der Waals surface area (Å²) in [6, 6.07) is 11.0. The number of hydrogen-bond donors (Lipinski definition) is 0. The third-order valence-electron chi connectivity index (χ3n) is 4.93. The maximum absolute atomic E-state index is 12.9. The van der Waals surface area contributed by atoms with Crippen LogP contribution in [-0.4, -0.2) is 38.7 Å². The molecule has 2 aromatic rings. The number of rotatable bonds is 6. The lowest BCUT2D eigenvalue weighted by molar-refractivity contribution is -0.126. The first-order valence-electron chi connectivity index (χ1n) is 9.11. The summed E-state index contributed by atoms with van der Waals surface area (Å²) in [7, 11) is 4.84. The van der Waals surface area contributed by atoms with Gasteiger partial charge in [0.15, 0.2) is 0 Å². The lowest BCUT2D eigenvalue weighted by Gasteiger charge is -2.25. The average molecular weight is 402 g/mol. The van der Waals surface area contributed by atoms with Crippen molar-refractivity contribution in [3.8, 4) is 17.2 Å². The molecule has 1 aliphatic heterocycles. The minimum absolute atomic E-state index is 0.0285. The van der Waals surface area contributed by atoms with Crippen molar-refractivity contribution in [2.45, 2.75) is 18.9 Å². The van der Waals surface area contributed by atoms with Crippen molar-refractivity contribution in [2.75, 3.05) is 27.9 Å². The van der Waals surface area contributed by atoms with Gasteiger partial charge in [0, 0.05) is 34.8 Å². The van der Waals surface area contributed by atoms with Crippen LogP contribution in [0.25, 0.3) is 6.08 Å². The van der Waals surface area contributed by atoms with E-state index in [0.29, 0.717) is 17.3 Å². The first kappa shape index (κ1) is 20.1. The summed E-state index contributed by atoms with van der Waals surface area (Å²) in [5.41, 5.74) is 1.75. The summed E-state index contributed by atoms with van der Waals surface area (Å²) in [5, 5.41) is 0.593. The molecule has 1 aliphatic rings. The van der Waals surface area contributed by atoms with Gasteiger partial charge < -0.3 is 19.1 Å². The lowest BCUT2D eigenvalue weighted by atomic mass is 10.0. The van der Waals surface area contributed by atoms with Crippen molar-refractivity contribution in [1.82, 2.24) is 4.90 Å². The number of likely N-dealkylation sites (tertiary alicyclic amines) is 1. The highest BCUT2D eigenvalue weighted by Gasteiger charge is 2.31. The van der Waals surface area contributed by atoms with E-state index in [0.717, 1.165) is 35.5 Å². The molecule has 148 valence electrons. The molecule has 0 radical (unpaired) electrons. The summed E-state index contributed by atoms with van der Waals surface area (Å²) in [6.07, 6.45) is 5.15. The molecule has 0 aromatic heterocycles. The summed E-state index contributed by atoms with van der Waals surface area (Å²) in [5.74, 6) is 2.07. The second-order valence-corrected chi connectivity index (χ2v) is 6.95. The maximum atomic E-state index is 12.9. The van der Waals surface area contributed by atoms with Crippen LogP contribution in [0.3, 0.4) is 0 Å². The molecule has 2 aromatic carbocycles.